The minimum absolute atomic E-state index is 0.241. The molecule has 6 nitrogen and oxygen atoms in total. The Kier molecular flexibility index (Phi) is 4.92. The zero-order valence-electron chi connectivity index (χ0n) is 13.3. The lowest BCUT2D eigenvalue weighted by atomic mass is 10.2. The average molecular weight is 315 g/mol. The molecule has 1 fully saturated rings. The molecule has 23 heavy (non-hydrogen) atoms. The summed E-state index contributed by atoms with van der Waals surface area (Å²) in [7, 11) is 0. The fourth-order valence-corrected chi connectivity index (χ4v) is 2.61. The van der Waals surface area contributed by atoms with Gasteiger partial charge in [-0.15, -0.1) is 0 Å². The van der Waals surface area contributed by atoms with Crippen LogP contribution in [0.2, 0.25) is 0 Å². The third-order valence-electron chi connectivity index (χ3n) is 4.08. The van der Waals surface area contributed by atoms with Crippen LogP contribution in [0.3, 0.4) is 0 Å². The molecule has 0 aliphatic carbocycles. The fourth-order valence-electron chi connectivity index (χ4n) is 2.61. The number of carbonyl (C=O) groups is 1. The monoisotopic (exact) mass is 315 g/mol. The maximum Gasteiger partial charge on any atom is 0.410 e. The molecule has 2 aromatic rings. The molecule has 1 saturated heterocycles. The third-order valence-corrected chi connectivity index (χ3v) is 4.08. The van der Waals surface area contributed by atoms with Crippen LogP contribution in [0.25, 0.3) is 0 Å². The second-order valence-electron chi connectivity index (χ2n) is 5.71. The van der Waals surface area contributed by atoms with Crippen molar-refractivity contribution in [3.05, 3.63) is 53.4 Å². The van der Waals surface area contributed by atoms with Crippen molar-refractivity contribution in [2.45, 2.75) is 20.1 Å². The Morgan fingerprint density at radius 1 is 1.22 bits per heavy atom. The standard InChI is InChI=1S/C17H21N3O3/c1-14-16(11-18-23-14)12-19-7-9-20(10-8-19)17(21)22-13-15-5-3-2-4-6-15/h2-6,11H,7-10,12-13H2,1H3. The van der Waals surface area contributed by atoms with Crippen LogP contribution in [0, 0.1) is 6.92 Å². The van der Waals surface area contributed by atoms with Crippen molar-refractivity contribution in [3.8, 4) is 0 Å². The number of ether oxygens (including phenoxy) is 1. The first-order valence-corrected chi connectivity index (χ1v) is 7.80. The van der Waals surface area contributed by atoms with Crippen molar-refractivity contribution in [3.63, 3.8) is 0 Å². The summed E-state index contributed by atoms with van der Waals surface area (Å²) in [6, 6.07) is 9.73. The average Bonchev–Trinajstić information content (AvgIpc) is 2.99. The van der Waals surface area contributed by atoms with E-state index in [1.54, 1.807) is 11.1 Å². The van der Waals surface area contributed by atoms with Crippen LogP contribution in [-0.2, 0) is 17.9 Å². The van der Waals surface area contributed by atoms with Crippen LogP contribution in [0.4, 0.5) is 4.79 Å². The predicted molar refractivity (Wildman–Crippen MR) is 84.7 cm³/mol. The number of benzene rings is 1. The van der Waals surface area contributed by atoms with Gasteiger partial charge < -0.3 is 14.2 Å². The highest BCUT2D eigenvalue weighted by Gasteiger charge is 2.22. The van der Waals surface area contributed by atoms with Gasteiger partial charge in [-0.1, -0.05) is 35.5 Å². The van der Waals surface area contributed by atoms with Gasteiger partial charge in [0.1, 0.15) is 12.4 Å². The van der Waals surface area contributed by atoms with E-state index in [4.69, 9.17) is 9.26 Å². The Morgan fingerprint density at radius 2 is 1.96 bits per heavy atom. The molecule has 1 aromatic heterocycles. The molecule has 2 heterocycles. The second-order valence-corrected chi connectivity index (χ2v) is 5.71. The van der Waals surface area contributed by atoms with E-state index in [2.05, 4.69) is 10.1 Å². The van der Waals surface area contributed by atoms with Gasteiger partial charge in [-0.2, -0.15) is 0 Å². The molecule has 3 rings (SSSR count). The van der Waals surface area contributed by atoms with Gasteiger partial charge >= 0.3 is 6.09 Å². The van der Waals surface area contributed by atoms with Gasteiger partial charge in [-0.05, 0) is 12.5 Å². The molecule has 0 unspecified atom stereocenters. The number of nitrogens with zero attached hydrogens (tertiary/aromatic N) is 3. The molecule has 1 amide bonds. The summed E-state index contributed by atoms with van der Waals surface area (Å²) in [5.41, 5.74) is 2.10. The summed E-state index contributed by atoms with van der Waals surface area (Å²) >= 11 is 0. The van der Waals surface area contributed by atoms with Crippen molar-refractivity contribution in [2.24, 2.45) is 0 Å². The van der Waals surface area contributed by atoms with Crippen LogP contribution in [0.15, 0.2) is 41.1 Å². The Labute approximate surface area is 135 Å². The molecule has 6 heteroatoms. The van der Waals surface area contributed by atoms with Gasteiger partial charge in [0.2, 0.25) is 0 Å². The van der Waals surface area contributed by atoms with Gasteiger partial charge in [-0.25, -0.2) is 4.79 Å². The highest BCUT2D eigenvalue weighted by atomic mass is 16.6. The van der Waals surface area contributed by atoms with Crippen LogP contribution in [0.1, 0.15) is 16.9 Å². The smallest absolute Gasteiger partial charge is 0.410 e. The molecule has 0 atom stereocenters. The van der Waals surface area contributed by atoms with E-state index in [1.807, 2.05) is 37.3 Å². The lowest BCUT2D eigenvalue weighted by Gasteiger charge is -2.33. The maximum atomic E-state index is 12.1. The number of amides is 1. The van der Waals surface area contributed by atoms with Crippen molar-refractivity contribution in [2.75, 3.05) is 26.2 Å². The second kappa shape index (κ2) is 7.28. The molecule has 1 aliphatic heterocycles. The zero-order valence-corrected chi connectivity index (χ0v) is 13.3. The SMILES string of the molecule is Cc1oncc1CN1CCN(C(=O)OCc2ccccc2)CC1. The molecule has 1 aromatic carbocycles. The predicted octanol–water partition coefficient (Wildman–Crippen LogP) is 2.44. The van der Waals surface area contributed by atoms with Crippen molar-refractivity contribution in [1.82, 2.24) is 15.0 Å². The minimum atomic E-state index is -0.241. The first-order chi connectivity index (χ1) is 11.2. The van der Waals surface area contributed by atoms with Gasteiger partial charge in [0.05, 0.1) is 6.20 Å². The molecule has 0 spiro atoms. The minimum Gasteiger partial charge on any atom is -0.445 e. The first-order valence-electron chi connectivity index (χ1n) is 7.80. The van der Waals surface area contributed by atoms with E-state index < -0.39 is 0 Å². The van der Waals surface area contributed by atoms with Crippen molar-refractivity contribution in [1.29, 1.82) is 0 Å². The van der Waals surface area contributed by atoms with Gasteiger partial charge in [-0.3, -0.25) is 4.90 Å². The highest BCUT2D eigenvalue weighted by Crippen LogP contribution is 2.13. The summed E-state index contributed by atoms with van der Waals surface area (Å²) in [5.74, 6) is 0.856. The Morgan fingerprint density at radius 3 is 2.61 bits per heavy atom. The van der Waals surface area contributed by atoms with Crippen LogP contribution in [-0.4, -0.2) is 47.2 Å². The number of hydrogen-bond acceptors (Lipinski definition) is 5. The van der Waals surface area contributed by atoms with Crippen molar-refractivity contribution < 1.29 is 14.1 Å². The Hall–Kier alpha value is -2.34. The number of carbonyl (C=O) groups excluding carboxylic acids is 1. The third kappa shape index (κ3) is 4.10. The number of hydrogen-bond donors (Lipinski definition) is 0. The molecule has 0 N–H and O–H groups in total. The summed E-state index contributed by atoms with van der Waals surface area (Å²) in [6.45, 7) is 6.05. The van der Waals surface area contributed by atoms with Gasteiger partial charge in [0, 0.05) is 38.3 Å². The normalized spacial score (nSPS) is 15.6. The Bertz CT molecular complexity index is 634. The van der Waals surface area contributed by atoms with Crippen LogP contribution < -0.4 is 0 Å². The summed E-state index contributed by atoms with van der Waals surface area (Å²) in [5, 5.41) is 3.80. The van der Waals surface area contributed by atoms with Crippen molar-refractivity contribution >= 4 is 6.09 Å². The molecule has 0 saturated carbocycles. The molecular weight excluding hydrogens is 294 g/mol. The van der Waals surface area contributed by atoms with E-state index in [-0.39, 0.29) is 6.09 Å². The largest absolute Gasteiger partial charge is 0.445 e. The van der Waals surface area contributed by atoms with E-state index in [9.17, 15) is 4.79 Å². The number of aryl methyl sites for hydroxylation is 1. The fraction of sp³-hybridized carbons (Fsp3) is 0.412. The highest BCUT2D eigenvalue weighted by molar-refractivity contribution is 5.67. The van der Waals surface area contributed by atoms with Crippen LogP contribution in [0.5, 0.6) is 0 Å². The first kappa shape index (κ1) is 15.6. The van der Waals surface area contributed by atoms with Gasteiger partial charge in [0.15, 0.2) is 0 Å². The van der Waals surface area contributed by atoms with E-state index >= 15 is 0 Å². The number of rotatable bonds is 4. The van der Waals surface area contributed by atoms with Crippen LogP contribution >= 0.6 is 0 Å². The molecule has 0 radical (unpaired) electrons. The molecular formula is C17H21N3O3. The summed E-state index contributed by atoms with van der Waals surface area (Å²) in [4.78, 5) is 16.2. The lowest BCUT2D eigenvalue weighted by Crippen LogP contribution is -2.48. The zero-order chi connectivity index (χ0) is 16.1. The lowest BCUT2D eigenvalue weighted by molar-refractivity contribution is 0.0699. The van der Waals surface area contributed by atoms with E-state index in [0.717, 1.165) is 36.5 Å². The quantitative estimate of drug-likeness (QED) is 0.867. The molecule has 122 valence electrons. The van der Waals surface area contributed by atoms with E-state index in [0.29, 0.717) is 19.7 Å². The molecule has 1 aliphatic rings. The maximum absolute atomic E-state index is 12.1. The van der Waals surface area contributed by atoms with Gasteiger partial charge in [0.25, 0.3) is 0 Å². The Balaban J connectivity index is 1.43. The number of piperazine rings is 1. The topological polar surface area (TPSA) is 58.8 Å². The van der Waals surface area contributed by atoms with E-state index in [1.165, 1.54) is 0 Å². The summed E-state index contributed by atoms with van der Waals surface area (Å²) in [6.07, 6.45) is 1.52. The number of aromatic nitrogens is 1. The summed E-state index contributed by atoms with van der Waals surface area (Å²) < 4.78 is 10.4. The molecule has 0 bridgehead atoms.